The number of nitrogens with one attached hydrogen (secondary N) is 1. The number of aliphatic hydroxyl groups is 1. The summed E-state index contributed by atoms with van der Waals surface area (Å²) in [6, 6.07) is 19.0. The van der Waals surface area contributed by atoms with Gasteiger partial charge in [0.05, 0.1) is 41.7 Å². The van der Waals surface area contributed by atoms with Crippen LogP contribution < -0.4 is 10.1 Å². The lowest BCUT2D eigenvalue weighted by Crippen LogP contribution is -2.51. The van der Waals surface area contributed by atoms with Crippen molar-refractivity contribution in [3.63, 3.8) is 0 Å². The maximum Gasteiger partial charge on any atom is 0.243 e. The summed E-state index contributed by atoms with van der Waals surface area (Å²) < 4.78 is 53.3. The lowest BCUT2D eigenvalue weighted by Gasteiger charge is -2.31. The number of hydrogen-bond acceptors (Lipinski definition) is 6. The van der Waals surface area contributed by atoms with Crippen LogP contribution in [-0.2, 0) is 32.4 Å². The Morgan fingerprint density at radius 2 is 1.81 bits per heavy atom. The third kappa shape index (κ3) is 9.48. The first-order chi connectivity index (χ1) is 20.5. The minimum Gasteiger partial charge on any atom is -0.488 e. The zero-order valence-electron chi connectivity index (χ0n) is 24.3. The number of halogens is 2. The van der Waals surface area contributed by atoms with Gasteiger partial charge in [-0.2, -0.15) is 4.31 Å². The maximum atomic E-state index is 13.8. The fourth-order valence-corrected chi connectivity index (χ4v) is 6.77. The number of carbonyl (C=O) groups excluding carboxylic acids is 1. The van der Waals surface area contributed by atoms with Crippen LogP contribution in [0.4, 0.5) is 4.39 Å². The number of ether oxygens (including phenoxy) is 2. The lowest BCUT2D eigenvalue weighted by molar-refractivity contribution is -0.122. The minimum absolute atomic E-state index is 0.0218. The molecule has 4 rings (SSSR count). The number of nitrogens with zero attached hydrogens (tertiary/aromatic N) is 1. The van der Waals surface area contributed by atoms with Crippen molar-refractivity contribution in [3.8, 4) is 5.75 Å². The van der Waals surface area contributed by atoms with E-state index in [-0.39, 0.29) is 53.8 Å². The summed E-state index contributed by atoms with van der Waals surface area (Å²) >= 11 is 5.88. The van der Waals surface area contributed by atoms with Crippen LogP contribution in [0.15, 0.2) is 77.7 Å². The summed E-state index contributed by atoms with van der Waals surface area (Å²) in [5.41, 5.74) is 1.63. The van der Waals surface area contributed by atoms with Gasteiger partial charge in [-0.3, -0.25) is 4.79 Å². The van der Waals surface area contributed by atoms with E-state index in [4.69, 9.17) is 21.1 Å². The summed E-state index contributed by atoms with van der Waals surface area (Å²) in [7, 11) is -4.14. The van der Waals surface area contributed by atoms with Crippen LogP contribution in [0.5, 0.6) is 5.75 Å². The highest BCUT2D eigenvalue weighted by atomic mass is 35.5. The van der Waals surface area contributed by atoms with Gasteiger partial charge >= 0.3 is 0 Å². The molecule has 0 spiro atoms. The normalized spacial score (nSPS) is 16.8. The molecule has 3 atom stereocenters. The molecule has 1 fully saturated rings. The summed E-state index contributed by atoms with van der Waals surface area (Å²) in [4.78, 5) is 13.0. The predicted octanol–water partition coefficient (Wildman–Crippen LogP) is 4.62. The molecule has 3 aromatic rings. The quantitative estimate of drug-likeness (QED) is 0.269. The zero-order valence-corrected chi connectivity index (χ0v) is 25.9. The van der Waals surface area contributed by atoms with Gasteiger partial charge in [-0.25, -0.2) is 12.8 Å². The van der Waals surface area contributed by atoms with Crippen LogP contribution in [0, 0.1) is 11.7 Å². The van der Waals surface area contributed by atoms with Crippen LogP contribution in [0.25, 0.3) is 0 Å². The number of amides is 1. The molecule has 8 nitrogen and oxygen atoms in total. The molecule has 1 aliphatic rings. The van der Waals surface area contributed by atoms with E-state index in [0.717, 1.165) is 40.1 Å². The predicted molar refractivity (Wildman–Crippen MR) is 163 cm³/mol. The molecular weight excluding hydrogens is 595 g/mol. The number of aliphatic hydroxyl groups excluding tert-OH is 1. The second-order valence-corrected chi connectivity index (χ2v) is 13.5. The van der Waals surface area contributed by atoms with Crippen molar-refractivity contribution < 1.29 is 32.2 Å². The van der Waals surface area contributed by atoms with Gasteiger partial charge in [-0.1, -0.05) is 67.9 Å². The molecule has 43 heavy (non-hydrogen) atoms. The summed E-state index contributed by atoms with van der Waals surface area (Å²) in [5.74, 6) is -0.423. The first-order valence-corrected chi connectivity index (χ1v) is 16.1. The first-order valence-electron chi connectivity index (χ1n) is 14.3. The van der Waals surface area contributed by atoms with Crippen molar-refractivity contribution in [2.75, 3.05) is 26.3 Å². The largest absolute Gasteiger partial charge is 0.488 e. The van der Waals surface area contributed by atoms with Gasteiger partial charge < -0.3 is 19.9 Å². The van der Waals surface area contributed by atoms with Gasteiger partial charge in [0.15, 0.2) is 0 Å². The van der Waals surface area contributed by atoms with E-state index >= 15 is 0 Å². The van der Waals surface area contributed by atoms with Crippen molar-refractivity contribution in [1.82, 2.24) is 9.62 Å². The van der Waals surface area contributed by atoms with E-state index in [2.05, 4.69) is 5.32 Å². The second kappa shape index (κ2) is 15.1. The number of carbonyl (C=O) groups is 1. The molecule has 0 unspecified atom stereocenters. The molecule has 0 radical (unpaired) electrons. The Kier molecular flexibility index (Phi) is 11.6. The van der Waals surface area contributed by atoms with E-state index < -0.39 is 28.0 Å². The van der Waals surface area contributed by atoms with Crippen LogP contribution >= 0.6 is 11.6 Å². The monoisotopic (exact) mass is 632 g/mol. The molecule has 1 saturated heterocycles. The van der Waals surface area contributed by atoms with E-state index in [9.17, 15) is 22.7 Å². The molecular formula is C32H38ClFN2O6S. The topological polar surface area (TPSA) is 105 Å². The fraction of sp³-hybridized carbons (Fsp3) is 0.406. The number of rotatable bonds is 14. The van der Waals surface area contributed by atoms with Gasteiger partial charge in [-0.15, -0.1) is 0 Å². The molecule has 232 valence electrons. The van der Waals surface area contributed by atoms with Crippen LogP contribution in [-0.4, -0.2) is 68.3 Å². The number of hydrogen-bond donors (Lipinski definition) is 2. The minimum atomic E-state index is -4.14. The molecule has 0 aromatic heterocycles. The zero-order chi connectivity index (χ0) is 31.0. The van der Waals surface area contributed by atoms with E-state index in [1.807, 2.05) is 68.4 Å². The van der Waals surface area contributed by atoms with Crippen molar-refractivity contribution >= 4 is 27.5 Å². The summed E-state index contributed by atoms with van der Waals surface area (Å²) in [5, 5.41) is 14.0. The molecule has 1 heterocycles. The summed E-state index contributed by atoms with van der Waals surface area (Å²) in [6.07, 6.45) is -0.0518. The van der Waals surface area contributed by atoms with Gasteiger partial charge in [-0.05, 0) is 53.8 Å². The molecule has 11 heteroatoms. The Hall–Kier alpha value is -3.02. The lowest BCUT2D eigenvalue weighted by atomic mass is 10.00. The number of benzene rings is 3. The molecule has 1 aliphatic heterocycles. The van der Waals surface area contributed by atoms with E-state index in [0.29, 0.717) is 19.0 Å². The van der Waals surface area contributed by atoms with Gasteiger partial charge in [0, 0.05) is 19.5 Å². The highest BCUT2D eigenvalue weighted by Gasteiger charge is 2.32. The third-order valence-corrected chi connectivity index (χ3v) is 9.19. The Labute approximate surface area is 257 Å². The van der Waals surface area contributed by atoms with Gasteiger partial charge in [0.1, 0.15) is 17.7 Å². The average Bonchev–Trinajstić information content (AvgIpc) is 3.48. The first kappa shape index (κ1) is 32.9. The fourth-order valence-electron chi connectivity index (χ4n) is 4.88. The van der Waals surface area contributed by atoms with E-state index in [1.165, 1.54) is 0 Å². The molecule has 0 saturated carbocycles. The standard InChI is InChI=1S/C32H38ClFN2O6S/c1-22(2)19-36(43(39,40)27-12-13-29(34)28(33)18-27)20-31(37)30(16-23-6-4-3-5-7-23)35-32(38)17-24-8-10-25(11-9-24)42-26-14-15-41-21-26/h3-13,18,22,26,30-31,37H,14-17,19-21H2,1-2H3,(H,35,38)/t26-,30+,31-/m1/s1. The molecule has 2 N–H and O–H groups in total. The molecule has 1 amide bonds. The Morgan fingerprint density at radius 1 is 1.09 bits per heavy atom. The Bertz CT molecular complexity index is 1450. The Balaban J connectivity index is 1.49. The number of sulfonamides is 1. The highest BCUT2D eigenvalue weighted by molar-refractivity contribution is 7.89. The summed E-state index contributed by atoms with van der Waals surface area (Å²) in [6.45, 7) is 4.76. The maximum absolute atomic E-state index is 13.8. The van der Waals surface area contributed by atoms with Crippen LogP contribution in [0.1, 0.15) is 31.4 Å². The smallest absolute Gasteiger partial charge is 0.243 e. The van der Waals surface area contributed by atoms with Crippen molar-refractivity contribution in [2.45, 2.75) is 56.3 Å². The van der Waals surface area contributed by atoms with Crippen LogP contribution in [0.2, 0.25) is 5.02 Å². The molecule has 0 bridgehead atoms. The second-order valence-electron chi connectivity index (χ2n) is 11.1. The van der Waals surface area contributed by atoms with Crippen molar-refractivity contribution in [3.05, 3.63) is 94.8 Å². The van der Waals surface area contributed by atoms with Crippen LogP contribution in [0.3, 0.4) is 0 Å². The van der Waals surface area contributed by atoms with Gasteiger partial charge in [0.25, 0.3) is 0 Å². The Morgan fingerprint density at radius 3 is 2.44 bits per heavy atom. The van der Waals surface area contributed by atoms with Crippen molar-refractivity contribution in [2.24, 2.45) is 5.92 Å². The van der Waals surface area contributed by atoms with Gasteiger partial charge in [0.2, 0.25) is 15.9 Å². The molecule has 3 aromatic carbocycles. The third-order valence-electron chi connectivity index (χ3n) is 7.08. The average molecular weight is 633 g/mol. The SMILES string of the molecule is CC(C)CN(C[C@@H](O)[C@H](Cc1ccccc1)NC(=O)Cc1ccc(O[C@@H]2CCOC2)cc1)S(=O)(=O)c1ccc(F)c(Cl)c1. The van der Waals surface area contributed by atoms with Crippen molar-refractivity contribution in [1.29, 1.82) is 0 Å². The highest BCUT2D eigenvalue weighted by Crippen LogP contribution is 2.24. The van der Waals surface area contributed by atoms with E-state index in [1.54, 1.807) is 0 Å². The molecule has 0 aliphatic carbocycles.